The van der Waals surface area contributed by atoms with Gasteiger partial charge in [-0.25, -0.2) is 14.2 Å². The van der Waals surface area contributed by atoms with Crippen molar-refractivity contribution in [2.45, 2.75) is 25.9 Å². The zero-order valence-corrected chi connectivity index (χ0v) is 18.3. The van der Waals surface area contributed by atoms with E-state index in [0.29, 0.717) is 55.1 Å². The molecule has 1 saturated heterocycles. The Morgan fingerprint density at radius 1 is 1.30 bits per heavy atom. The summed E-state index contributed by atoms with van der Waals surface area (Å²) in [7, 11) is 0. The summed E-state index contributed by atoms with van der Waals surface area (Å²) < 4.78 is 20.2. The number of halogens is 1. The van der Waals surface area contributed by atoms with E-state index >= 15 is 0 Å². The number of benzene rings is 1. The molecule has 0 unspecified atom stereocenters. The van der Waals surface area contributed by atoms with Gasteiger partial charge in [0.2, 0.25) is 0 Å². The van der Waals surface area contributed by atoms with Gasteiger partial charge in [0.05, 0.1) is 25.3 Å². The standard InChI is InChI=1S/C24H24FN5O3/c1-3-10-29-12-11-28(16-27-29)23-9-5-18(14-26-23)21-8-6-19(13-22(21)25)30-15-20(33-24(30)32)7-4-17(2)31/h1,5-6,8-9,13-14,16,20H,4,7,10-12,15H2,2H3/t20-/m0/s1. The van der Waals surface area contributed by atoms with E-state index in [9.17, 15) is 14.0 Å². The summed E-state index contributed by atoms with van der Waals surface area (Å²) in [5.41, 5.74) is 1.41. The molecule has 0 aliphatic carbocycles. The molecule has 2 aliphatic rings. The number of cyclic esters (lactones) is 1. The Balaban J connectivity index is 1.44. The number of hydrogen-bond acceptors (Lipinski definition) is 7. The second-order valence-electron chi connectivity index (χ2n) is 7.94. The third-order valence-electron chi connectivity index (χ3n) is 5.54. The van der Waals surface area contributed by atoms with Crippen LogP contribution < -0.4 is 9.80 Å². The highest BCUT2D eigenvalue weighted by molar-refractivity contribution is 5.90. The van der Waals surface area contributed by atoms with Crippen molar-refractivity contribution in [1.82, 2.24) is 9.99 Å². The highest BCUT2D eigenvalue weighted by Gasteiger charge is 2.32. The quantitative estimate of drug-likeness (QED) is 0.604. The monoisotopic (exact) mass is 449 g/mol. The van der Waals surface area contributed by atoms with Crippen LogP contribution in [0, 0.1) is 18.2 Å². The topological polar surface area (TPSA) is 78.3 Å². The number of nitrogens with zero attached hydrogens (tertiary/aromatic N) is 5. The van der Waals surface area contributed by atoms with E-state index in [0.717, 1.165) is 0 Å². The van der Waals surface area contributed by atoms with Gasteiger partial charge in [-0.1, -0.05) is 5.92 Å². The Labute approximate surface area is 191 Å². The third-order valence-corrected chi connectivity index (χ3v) is 5.54. The summed E-state index contributed by atoms with van der Waals surface area (Å²) in [4.78, 5) is 31.1. The first-order chi connectivity index (χ1) is 15.9. The smallest absolute Gasteiger partial charge is 0.414 e. The third kappa shape index (κ3) is 5.12. The van der Waals surface area contributed by atoms with Gasteiger partial charge in [-0.15, -0.1) is 6.42 Å². The summed E-state index contributed by atoms with van der Waals surface area (Å²) in [5, 5.41) is 6.08. The van der Waals surface area contributed by atoms with E-state index in [1.807, 2.05) is 11.0 Å². The van der Waals surface area contributed by atoms with E-state index in [-0.39, 0.29) is 18.4 Å². The molecular weight excluding hydrogens is 425 g/mol. The molecule has 0 spiro atoms. The van der Waals surface area contributed by atoms with Gasteiger partial charge in [0, 0.05) is 30.3 Å². The number of amides is 1. The van der Waals surface area contributed by atoms with Gasteiger partial charge in [-0.2, -0.15) is 5.10 Å². The number of Topliss-reactive ketones (excluding diaryl/α,β-unsaturated/α-hetero) is 1. The number of carbonyl (C=O) groups is 2. The summed E-state index contributed by atoms with van der Waals surface area (Å²) in [5.74, 6) is 2.84. The molecule has 1 aromatic heterocycles. The number of terminal acetylenes is 1. The summed E-state index contributed by atoms with van der Waals surface area (Å²) in [6.45, 7) is 3.63. The molecule has 4 rings (SSSR count). The predicted octanol–water partition coefficient (Wildman–Crippen LogP) is 3.28. The van der Waals surface area contributed by atoms with Crippen LogP contribution in [0.5, 0.6) is 0 Å². The molecule has 1 aromatic carbocycles. The van der Waals surface area contributed by atoms with Crippen molar-refractivity contribution in [2.75, 3.05) is 36.0 Å². The van der Waals surface area contributed by atoms with Crippen molar-refractivity contribution in [3.63, 3.8) is 0 Å². The SMILES string of the molecule is C#CCN1CCN(c2ccc(-c3ccc(N4C[C@H](CCC(C)=O)OC4=O)cc3F)cn2)C=N1. The molecule has 9 heteroatoms. The van der Waals surface area contributed by atoms with Crippen LogP contribution in [0.25, 0.3) is 11.1 Å². The lowest BCUT2D eigenvalue weighted by atomic mass is 10.1. The van der Waals surface area contributed by atoms with E-state index in [1.54, 1.807) is 35.7 Å². The van der Waals surface area contributed by atoms with Crippen LogP contribution in [0.4, 0.5) is 20.7 Å². The number of pyridine rings is 1. The minimum atomic E-state index is -0.536. The molecule has 8 nitrogen and oxygen atoms in total. The first kappa shape index (κ1) is 22.3. The molecule has 0 bridgehead atoms. The molecule has 0 N–H and O–H groups in total. The number of hydrazone groups is 1. The number of ether oxygens (including phenoxy) is 1. The Morgan fingerprint density at radius 2 is 2.15 bits per heavy atom. The average molecular weight is 449 g/mol. The maximum absolute atomic E-state index is 14.9. The first-order valence-electron chi connectivity index (χ1n) is 10.7. The Bertz CT molecular complexity index is 1110. The van der Waals surface area contributed by atoms with Crippen LogP contribution in [0.2, 0.25) is 0 Å². The van der Waals surface area contributed by atoms with Gasteiger partial charge < -0.3 is 14.4 Å². The van der Waals surface area contributed by atoms with Crippen molar-refractivity contribution in [1.29, 1.82) is 0 Å². The van der Waals surface area contributed by atoms with Crippen LogP contribution in [0.15, 0.2) is 41.6 Å². The second-order valence-corrected chi connectivity index (χ2v) is 7.94. The Kier molecular flexibility index (Phi) is 6.54. The molecular formula is C24H24FN5O3. The average Bonchev–Trinajstić information content (AvgIpc) is 3.19. The lowest BCUT2D eigenvalue weighted by Crippen LogP contribution is -2.38. The van der Waals surface area contributed by atoms with Gasteiger partial charge in [-0.3, -0.25) is 9.91 Å². The maximum atomic E-state index is 14.9. The predicted molar refractivity (Wildman–Crippen MR) is 123 cm³/mol. The molecule has 1 amide bonds. The molecule has 3 heterocycles. The summed E-state index contributed by atoms with van der Waals surface area (Å²) in [6.07, 6.45) is 8.48. The van der Waals surface area contributed by atoms with Gasteiger partial charge in [0.25, 0.3) is 0 Å². The highest BCUT2D eigenvalue weighted by Crippen LogP contribution is 2.30. The zero-order chi connectivity index (χ0) is 23.4. The van der Waals surface area contributed by atoms with Crippen molar-refractivity contribution in [2.24, 2.45) is 5.10 Å². The molecule has 0 saturated carbocycles. The van der Waals surface area contributed by atoms with E-state index < -0.39 is 11.9 Å². The second kappa shape index (κ2) is 9.69. The maximum Gasteiger partial charge on any atom is 0.414 e. The minimum Gasteiger partial charge on any atom is -0.444 e. The van der Waals surface area contributed by atoms with E-state index in [4.69, 9.17) is 11.2 Å². The lowest BCUT2D eigenvalue weighted by molar-refractivity contribution is -0.117. The normalized spacial score (nSPS) is 17.8. The minimum absolute atomic E-state index is 0.0398. The van der Waals surface area contributed by atoms with Gasteiger partial charge >= 0.3 is 6.09 Å². The fourth-order valence-electron chi connectivity index (χ4n) is 3.74. The molecule has 0 radical (unpaired) electrons. The van der Waals surface area contributed by atoms with E-state index in [2.05, 4.69) is 16.0 Å². The van der Waals surface area contributed by atoms with Crippen LogP contribution >= 0.6 is 0 Å². The van der Waals surface area contributed by atoms with Crippen LogP contribution in [0.3, 0.4) is 0 Å². The lowest BCUT2D eigenvalue weighted by Gasteiger charge is -2.28. The molecule has 2 aromatic rings. The number of ketones is 1. The number of anilines is 2. The molecule has 170 valence electrons. The van der Waals surface area contributed by atoms with Gasteiger partial charge in [-0.05, 0) is 43.7 Å². The van der Waals surface area contributed by atoms with Crippen LogP contribution in [0.1, 0.15) is 19.8 Å². The van der Waals surface area contributed by atoms with Crippen molar-refractivity contribution < 1.29 is 18.7 Å². The van der Waals surface area contributed by atoms with Crippen LogP contribution in [-0.2, 0) is 9.53 Å². The summed E-state index contributed by atoms with van der Waals surface area (Å²) in [6, 6.07) is 8.22. The molecule has 2 aliphatic heterocycles. The number of carbonyl (C=O) groups excluding carboxylic acids is 2. The number of aromatic nitrogens is 1. The number of hydrogen-bond donors (Lipinski definition) is 0. The highest BCUT2D eigenvalue weighted by atomic mass is 19.1. The number of rotatable bonds is 7. The fourth-order valence-corrected chi connectivity index (χ4v) is 3.74. The summed E-state index contributed by atoms with van der Waals surface area (Å²) >= 11 is 0. The van der Waals surface area contributed by atoms with Crippen molar-refractivity contribution in [3.8, 4) is 23.5 Å². The van der Waals surface area contributed by atoms with Crippen molar-refractivity contribution in [3.05, 3.63) is 42.3 Å². The molecule has 1 atom stereocenters. The van der Waals surface area contributed by atoms with Gasteiger partial charge in [0.1, 0.15) is 29.9 Å². The van der Waals surface area contributed by atoms with E-state index in [1.165, 1.54) is 17.9 Å². The zero-order valence-electron chi connectivity index (χ0n) is 18.3. The fraction of sp³-hybridized carbons (Fsp3) is 0.333. The largest absolute Gasteiger partial charge is 0.444 e. The molecule has 33 heavy (non-hydrogen) atoms. The Morgan fingerprint density at radius 3 is 2.79 bits per heavy atom. The van der Waals surface area contributed by atoms with Crippen LogP contribution in [-0.4, -0.2) is 60.5 Å². The molecule has 1 fully saturated rings. The van der Waals surface area contributed by atoms with Crippen molar-refractivity contribution >= 4 is 29.7 Å². The first-order valence-corrected chi connectivity index (χ1v) is 10.7. The Hall–Kier alpha value is -3.93. The van der Waals surface area contributed by atoms with Gasteiger partial charge in [0.15, 0.2) is 0 Å².